The molecule has 1 aromatic carbocycles. The summed E-state index contributed by atoms with van der Waals surface area (Å²) in [6.45, 7) is 0. The van der Waals surface area contributed by atoms with Gasteiger partial charge in [-0.05, 0) is 17.7 Å². The van der Waals surface area contributed by atoms with Crippen molar-refractivity contribution in [2.75, 3.05) is 5.73 Å². The Hall–Kier alpha value is -1.51. The maximum Gasteiger partial charge on any atom is 0.0479 e. The topological polar surface area (TPSA) is 58.6 Å². The molecular formula is C8H10N2O. The van der Waals surface area contributed by atoms with Gasteiger partial charge in [0.1, 0.15) is 0 Å². The number of nitrogens with two attached hydrogens (primary N) is 1. The highest BCUT2D eigenvalue weighted by Crippen LogP contribution is 2.04. The first-order valence-electron chi connectivity index (χ1n) is 3.33. The summed E-state index contributed by atoms with van der Waals surface area (Å²) in [4.78, 5) is 0. The maximum absolute atomic E-state index is 8.13. The summed E-state index contributed by atoms with van der Waals surface area (Å²) < 4.78 is 0. The third-order valence-electron chi connectivity index (χ3n) is 1.39. The van der Waals surface area contributed by atoms with Gasteiger partial charge in [-0.15, -0.1) is 5.16 Å². The smallest absolute Gasteiger partial charge is 0.0479 e. The fraction of sp³-hybridized carbons (Fsp3) is 0.125. The van der Waals surface area contributed by atoms with E-state index in [0.29, 0.717) is 6.42 Å². The molecule has 1 rings (SSSR count). The van der Waals surface area contributed by atoms with Crippen molar-refractivity contribution in [3.63, 3.8) is 0 Å². The molecule has 3 heteroatoms. The van der Waals surface area contributed by atoms with Crippen molar-refractivity contribution in [3.05, 3.63) is 29.8 Å². The summed E-state index contributed by atoms with van der Waals surface area (Å²) >= 11 is 0. The van der Waals surface area contributed by atoms with Crippen molar-refractivity contribution < 1.29 is 5.21 Å². The largest absolute Gasteiger partial charge is 0.411 e. The van der Waals surface area contributed by atoms with Crippen LogP contribution < -0.4 is 5.73 Å². The van der Waals surface area contributed by atoms with Crippen molar-refractivity contribution in [3.8, 4) is 0 Å². The van der Waals surface area contributed by atoms with Gasteiger partial charge in [0, 0.05) is 18.3 Å². The number of nitrogen functional groups attached to an aromatic ring is 1. The van der Waals surface area contributed by atoms with E-state index in [2.05, 4.69) is 5.16 Å². The van der Waals surface area contributed by atoms with Gasteiger partial charge in [0.05, 0.1) is 0 Å². The minimum atomic E-state index is 0.636. The molecule has 0 aromatic heterocycles. The van der Waals surface area contributed by atoms with E-state index in [1.54, 1.807) is 0 Å². The predicted molar refractivity (Wildman–Crippen MR) is 44.8 cm³/mol. The van der Waals surface area contributed by atoms with Crippen molar-refractivity contribution in [1.29, 1.82) is 0 Å². The van der Waals surface area contributed by atoms with Gasteiger partial charge in [0.2, 0.25) is 0 Å². The van der Waals surface area contributed by atoms with Crippen LogP contribution in [-0.4, -0.2) is 11.4 Å². The Labute approximate surface area is 65.1 Å². The molecule has 0 fully saturated rings. The zero-order chi connectivity index (χ0) is 8.10. The minimum Gasteiger partial charge on any atom is -0.411 e. The molecule has 0 saturated heterocycles. The fourth-order valence-corrected chi connectivity index (χ4v) is 0.800. The number of nitrogens with zero attached hydrogens (tertiary/aromatic N) is 1. The fourth-order valence-electron chi connectivity index (χ4n) is 0.800. The quantitative estimate of drug-likeness (QED) is 0.288. The summed E-state index contributed by atoms with van der Waals surface area (Å²) in [5, 5.41) is 11.0. The highest BCUT2D eigenvalue weighted by Gasteiger charge is 1.88. The molecule has 3 N–H and O–H groups in total. The standard InChI is InChI=1S/C8H10N2O/c9-8-3-1-7(2-4-8)5-6-10-11/h1-4,6,11H,5,9H2. The van der Waals surface area contributed by atoms with E-state index < -0.39 is 0 Å². The first-order valence-corrected chi connectivity index (χ1v) is 3.33. The van der Waals surface area contributed by atoms with E-state index in [1.807, 2.05) is 24.3 Å². The molecule has 11 heavy (non-hydrogen) atoms. The van der Waals surface area contributed by atoms with Gasteiger partial charge in [-0.25, -0.2) is 0 Å². The van der Waals surface area contributed by atoms with Gasteiger partial charge in [-0.1, -0.05) is 12.1 Å². The van der Waals surface area contributed by atoms with E-state index in [1.165, 1.54) is 6.21 Å². The molecule has 0 unspecified atom stereocenters. The lowest BCUT2D eigenvalue weighted by molar-refractivity contribution is 0.321. The number of benzene rings is 1. The third kappa shape index (κ3) is 2.29. The Morgan fingerprint density at radius 2 is 2.00 bits per heavy atom. The normalized spacial score (nSPS) is 10.5. The van der Waals surface area contributed by atoms with Crippen LogP contribution in [0.3, 0.4) is 0 Å². The molecule has 0 aliphatic carbocycles. The van der Waals surface area contributed by atoms with Gasteiger partial charge in [0.25, 0.3) is 0 Å². The van der Waals surface area contributed by atoms with E-state index >= 15 is 0 Å². The first kappa shape index (κ1) is 7.60. The Morgan fingerprint density at radius 1 is 1.36 bits per heavy atom. The molecule has 0 radical (unpaired) electrons. The second-order valence-electron chi connectivity index (χ2n) is 2.24. The average Bonchev–Trinajstić information content (AvgIpc) is 2.04. The SMILES string of the molecule is Nc1ccc(CC=NO)cc1. The van der Waals surface area contributed by atoms with Crippen LogP contribution in [0.15, 0.2) is 29.4 Å². The number of rotatable bonds is 2. The molecular weight excluding hydrogens is 140 g/mol. The monoisotopic (exact) mass is 150 g/mol. The number of oxime groups is 1. The first-order chi connectivity index (χ1) is 5.33. The number of hydrogen-bond donors (Lipinski definition) is 2. The molecule has 0 aliphatic rings. The van der Waals surface area contributed by atoms with Gasteiger partial charge in [-0.3, -0.25) is 0 Å². The molecule has 0 amide bonds. The zero-order valence-electron chi connectivity index (χ0n) is 6.07. The molecule has 1 aromatic rings. The maximum atomic E-state index is 8.13. The van der Waals surface area contributed by atoms with Crippen LogP contribution in [0.2, 0.25) is 0 Å². The highest BCUT2D eigenvalue weighted by atomic mass is 16.4. The molecule has 58 valence electrons. The minimum absolute atomic E-state index is 0.636. The lowest BCUT2D eigenvalue weighted by Gasteiger charge is -1.95. The lowest BCUT2D eigenvalue weighted by Crippen LogP contribution is -1.88. The van der Waals surface area contributed by atoms with E-state index in [0.717, 1.165) is 11.3 Å². The van der Waals surface area contributed by atoms with E-state index in [4.69, 9.17) is 10.9 Å². The van der Waals surface area contributed by atoms with Gasteiger partial charge in [-0.2, -0.15) is 0 Å². The second-order valence-corrected chi connectivity index (χ2v) is 2.24. The van der Waals surface area contributed by atoms with Crippen LogP contribution in [-0.2, 0) is 6.42 Å². The summed E-state index contributed by atoms with van der Waals surface area (Å²) in [6.07, 6.45) is 2.07. The molecule has 0 spiro atoms. The van der Waals surface area contributed by atoms with Crippen LogP contribution in [0.1, 0.15) is 5.56 Å². The highest BCUT2D eigenvalue weighted by molar-refractivity contribution is 5.61. The average molecular weight is 150 g/mol. The van der Waals surface area contributed by atoms with Crippen molar-refractivity contribution in [1.82, 2.24) is 0 Å². The molecule has 0 bridgehead atoms. The molecule has 0 heterocycles. The van der Waals surface area contributed by atoms with Crippen molar-refractivity contribution in [2.24, 2.45) is 5.16 Å². The van der Waals surface area contributed by atoms with Gasteiger partial charge >= 0.3 is 0 Å². The number of anilines is 1. The Morgan fingerprint density at radius 3 is 2.55 bits per heavy atom. The summed E-state index contributed by atoms with van der Waals surface area (Å²) in [5.74, 6) is 0. The summed E-state index contributed by atoms with van der Waals surface area (Å²) in [5.41, 5.74) is 7.30. The Bertz CT molecular complexity index is 241. The van der Waals surface area contributed by atoms with Crippen LogP contribution in [0.5, 0.6) is 0 Å². The molecule has 0 atom stereocenters. The second kappa shape index (κ2) is 3.61. The Balaban J connectivity index is 2.66. The van der Waals surface area contributed by atoms with Crippen LogP contribution >= 0.6 is 0 Å². The summed E-state index contributed by atoms with van der Waals surface area (Å²) in [7, 11) is 0. The van der Waals surface area contributed by atoms with Crippen LogP contribution in [0, 0.1) is 0 Å². The van der Waals surface area contributed by atoms with E-state index in [9.17, 15) is 0 Å². The molecule has 0 aliphatic heterocycles. The van der Waals surface area contributed by atoms with Crippen molar-refractivity contribution in [2.45, 2.75) is 6.42 Å². The third-order valence-corrected chi connectivity index (χ3v) is 1.39. The molecule has 3 nitrogen and oxygen atoms in total. The van der Waals surface area contributed by atoms with Gasteiger partial charge < -0.3 is 10.9 Å². The van der Waals surface area contributed by atoms with Crippen molar-refractivity contribution >= 4 is 11.9 Å². The summed E-state index contributed by atoms with van der Waals surface area (Å²) in [6, 6.07) is 7.44. The zero-order valence-corrected chi connectivity index (χ0v) is 6.07. The lowest BCUT2D eigenvalue weighted by atomic mass is 10.1. The van der Waals surface area contributed by atoms with Crippen LogP contribution in [0.25, 0.3) is 0 Å². The van der Waals surface area contributed by atoms with Gasteiger partial charge in [0.15, 0.2) is 0 Å². The van der Waals surface area contributed by atoms with Crippen LogP contribution in [0.4, 0.5) is 5.69 Å². The number of hydrogen-bond acceptors (Lipinski definition) is 3. The molecule has 0 saturated carbocycles. The Kier molecular flexibility index (Phi) is 2.49. The predicted octanol–water partition coefficient (Wildman–Crippen LogP) is 1.27. The van der Waals surface area contributed by atoms with E-state index in [-0.39, 0.29) is 0 Å².